The number of hydrogen-bond acceptors (Lipinski definition) is 0. The van der Waals surface area contributed by atoms with Crippen molar-refractivity contribution in [1.82, 2.24) is 0 Å². The fourth-order valence-electron chi connectivity index (χ4n) is 6.26. The van der Waals surface area contributed by atoms with Crippen LogP contribution in [0.3, 0.4) is 0 Å². The summed E-state index contributed by atoms with van der Waals surface area (Å²) in [6, 6.07) is 86.9. The van der Waals surface area contributed by atoms with Gasteiger partial charge in [-0.3, -0.25) is 0 Å². The molecule has 0 aliphatic heterocycles. The second-order valence-electron chi connectivity index (χ2n) is 12.8. The summed E-state index contributed by atoms with van der Waals surface area (Å²) in [7, 11) is -2.11. The third-order valence-electron chi connectivity index (χ3n) is 9.00. The first-order valence-electron chi connectivity index (χ1n) is 18.8. The van der Waals surface area contributed by atoms with Gasteiger partial charge in [0.15, 0.2) is 0 Å². The Morgan fingerprint density at radius 3 is 0.397 bits per heavy atom. The van der Waals surface area contributed by atoms with Crippen LogP contribution < -0.4 is 54.8 Å². The fraction of sp³-hybridized carbons (Fsp3) is 0. The maximum absolute atomic E-state index is 2.45. The van der Waals surface area contributed by atoms with Crippen LogP contribution in [0.25, 0.3) is 0 Å². The molecule has 0 nitrogen and oxygen atoms in total. The largest absolute Gasteiger partial charge is 1.00 e. The van der Waals surface area contributed by atoms with Gasteiger partial charge in [0.1, 0.15) is 0 Å². The average Bonchev–Trinajstić information content (AvgIpc) is 3.29. The van der Waals surface area contributed by atoms with E-state index in [-0.39, 0.29) is 29.5 Å². The van der Waals surface area contributed by atoms with Crippen molar-refractivity contribution in [3.8, 4) is 0 Å². The van der Waals surface area contributed by atoms with Crippen LogP contribution in [0.15, 0.2) is 266 Å². The van der Waals surface area contributed by atoms with Crippen LogP contribution in [-0.2, 0) is 17.1 Å². The van der Waals surface area contributed by atoms with Gasteiger partial charge in [0.05, 0.1) is 0 Å². The Bertz CT molecular complexity index is 1850. The molecule has 0 amide bonds. The van der Waals surface area contributed by atoms with Crippen LogP contribution in [-0.4, -0.2) is 0 Å². The van der Waals surface area contributed by atoms with Gasteiger partial charge < -0.3 is 12.4 Å². The molecule has 0 unspecified atom stereocenters. The Kier molecular flexibility index (Phi) is 19.1. The van der Waals surface area contributed by atoms with E-state index in [1.165, 1.54) is 42.4 Å². The van der Waals surface area contributed by atoms with Crippen molar-refractivity contribution < 1.29 is 29.5 Å². The summed E-state index contributed by atoms with van der Waals surface area (Å²) in [5, 5.41) is 11.1. The summed E-state index contributed by atoms with van der Waals surface area (Å²) in [5.74, 6) is 9.80. The Morgan fingerprint density at radius 1 is 0.190 bits per heavy atom. The predicted octanol–water partition coefficient (Wildman–Crippen LogP) is 8.45. The Balaban J connectivity index is 0.000000214. The number of benzene rings is 8. The van der Waals surface area contributed by atoms with Gasteiger partial charge in [-0.15, -0.1) is 0 Å². The van der Waals surface area contributed by atoms with Crippen LogP contribution >= 0.6 is 31.7 Å². The number of rotatable bonds is 12. The first-order valence-corrected chi connectivity index (χ1v) is 24.4. The van der Waals surface area contributed by atoms with E-state index in [9.17, 15) is 0 Å². The molecule has 0 saturated heterocycles. The van der Waals surface area contributed by atoms with Crippen molar-refractivity contribution >= 4 is 74.1 Å². The maximum Gasteiger partial charge on any atom is 1.00 e. The van der Waals surface area contributed by atoms with Gasteiger partial charge in [-0.2, -0.15) is 0 Å². The molecule has 0 aliphatic rings. The van der Waals surface area contributed by atoms with E-state index in [1.54, 1.807) is 0 Å². The minimum absolute atomic E-state index is 0. The molecule has 0 radical (unpaired) electrons. The van der Waals surface area contributed by atoms with Crippen molar-refractivity contribution in [2.75, 3.05) is 0 Å². The molecule has 0 N–H and O–H groups in total. The average molecular weight is 892 g/mol. The van der Waals surface area contributed by atoms with Gasteiger partial charge in [-0.25, -0.2) is 0 Å². The quantitative estimate of drug-likeness (QED) is 0.0855. The smallest absolute Gasteiger partial charge is 1.00 e. The minimum Gasteiger partial charge on any atom is -1.00 e. The second-order valence-corrected chi connectivity index (χ2v) is 21.0. The van der Waals surface area contributed by atoms with E-state index in [2.05, 4.69) is 266 Å². The Labute approximate surface area is 367 Å². The molecular weight excluding hydrogens is 847 g/mol. The van der Waals surface area contributed by atoms with Crippen molar-refractivity contribution in [2.24, 2.45) is 0 Å². The van der Waals surface area contributed by atoms with Crippen LogP contribution in [0, 0.1) is 0 Å². The van der Waals surface area contributed by atoms with Crippen molar-refractivity contribution in [3.63, 3.8) is 0 Å². The molecule has 58 heavy (non-hydrogen) atoms. The summed E-state index contributed by atoms with van der Waals surface area (Å²) in [6.07, 6.45) is 0. The molecule has 8 aromatic rings. The molecule has 0 spiro atoms. The fourth-order valence-corrected chi connectivity index (χ4v) is 14.9. The molecule has 8 aromatic carbocycles. The first kappa shape index (κ1) is 44.9. The molecule has 8 rings (SSSR count). The Hall–Kier alpha value is -4.23. The molecule has 290 valence electrons. The molecule has 0 saturated carbocycles. The summed E-state index contributed by atoms with van der Waals surface area (Å²) < 4.78 is 0. The SMILES string of the molecule is C(=C/P(c1ccccc1)c1ccccc1)/P(c1ccccc1)c1ccccc1.C(=C/P(c1ccccc1)c1ccccc1)/P(c1ccccc1)c1ccccc1.[Cl-].[Cu+]. The molecule has 0 aliphatic carbocycles. The van der Waals surface area contributed by atoms with E-state index in [0.717, 1.165) is 0 Å². The molecular formula is C52H44ClCuP4. The molecule has 0 atom stereocenters. The summed E-state index contributed by atoms with van der Waals surface area (Å²) in [4.78, 5) is 0. The molecule has 0 heterocycles. The monoisotopic (exact) mass is 890 g/mol. The van der Waals surface area contributed by atoms with E-state index in [4.69, 9.17) is 0 Å². The number of hydrogen-bond donors (Lipinski definition) is 0. The zero-order valence-electron chi connectivity index (χ0n) is 31.9. The normalized spacial score (nSPS) is 11.0. The van der Waals surface area contributed by atoms with Gasteiger partial charge in [-0.1, -0.05) is 266 Å². The standard InChI is InChI=1S/2C26H22P2.ClH.Cu/c2*1-5-13-23(14-6-1)27(24-15-7-2-8-16-24)21-22-28(25-17-9-3-10-18-25)26-19-11-4-12-20-26;;/h2*1-22H;1H;/q;;;+1/p-1/b2*22-21-;;. The van der Waals surface area contributed by atoms with E-state index >= 15 is 0 Å². The third kappa shape index (κ3) is 12.9. The van der Waals surface area contributed by atoms with Crippen molar-refractivity contribution in [1.29, 1.82) is 0 Å². The minimum atomic E-state index is -0.528. The Morgan fingerprint density at radius 2 is 0.293 bits per heavy atom. The van der Waals surface area contributed by atoms with Crippen LogP contribution in [0.5, 0.6) is 0 Å². The van der Waals surface area contributed by atoms with Crippen molar-refractivity contribution in [2.45, 2.75) is 0 Å². The van der Waals surface area contributed by atoms with E-state index < -0.39 is 31.7 Å². The van der Waals surface area contributed by atoms with E-state index in [0.29, 0.717) is 0 Å². The summed E-state index contributed by atoms with van der Waals surface area (Å²) in [5.41, 5.74) is 0. The van der Waals surface area contributed by atoms with Gasteiger partial charge in [0.2, 0.25) is 0 Å². The summed E-state index contributed by atoms with van der Waals surface area (Å²) in [6.45, 7) is 0. The van der Waals surface area contributed by atoms with Crippen molar-refractivity contribution in [3.05, 3.63) is 266 Å². The second kappa shape index (κ2) is 24.6. The van der Waals surface area contributed by atoms with Gasteiger partial charge >= 0.3 is 17.1 Å². The van der Waals surface area contributed by atoms with Gasteiger partial charge in [0, 0.05) is 0 Å². The van der Waals surface area contributed by atoms with Gasteiger partial charge in [0.25, 0.3) is 0 Å². The predicted molar refractivity (Wildman–Crippen MR) is 255 cm³/mol. The van der Waals surface area contributed by atoms with E-state index in [1.807, 2.05) is 0 Å². The molecule has 0 fully saturated rings. The van der Waals surface area contributed by atoms with Crippen LogP contribution in [0.2, 0.25) is 0 Å². The molecule has 0 aromatic heterocycles. The van der Waals surface area contributed by atoms with Gasteiger partial charge in [-0.05, 0) is 74.1 Å². The maximum atomic E-state index is 2.45. The summed E-state index contributed by atoms with van der Waals surface area (Å²) >= 11 is 0. The third-order valence-corrected chi connectivity index (χ3v) is 18.1. The molecule has 0 bridgehead atoms. The van der Waals surface area contributed by atoms with Crippen LogP contribution in [0.1, 0.15) is 0 Å². The first-order chi connectivity index (χ1) is 27.8. The zero-order chi connectivity index (χ0) is 38.0. The zero-order valence-corrected chi connectivity index (χ0v) is 37.1. The van der Waals surface area contributed by atoms with Crippen LogP contribution in [0.4, 0.5) is 0 Å². The number of halogens is 1. The molecule has 6 heteroatoms. The topological polar surface area (TPSA) is 0 Å².